The first-order chi connectivity index (χ1) is 6.99. The van der Waals surface area contributed by atoms with Crippen LogP contribution in [0.2, 0.25) is 0 Å². The van der Waals surface area contributed by atoms with Gasteiger partial charge < -0.3 is 0 Å². The lowest BCUT2D eigenvalue weighted by atomic mass is 9.85. The molecular weight excluding hydrogens is 236 g/mol. The molecular formula is C9H19ClN2O2S. The van der Waals surface area contributed by atoms with Crippen LogP contribution in [0.3, 0.4) is 0 Å². The van der Waals surface area contributed by atoms with Crippen LogP contribution in [0.4, 0.5) is 0 Å². The number of nitrogens with zero attached hydrogens (tertiary/aromatic N) is 1. The maximum atomic E-state index is 11.7. The highest BCUT2D eigenvalue weighted by molar-refractivity contribution is 7.87. The highest BCUT2D eigenvalue weighted by atomic mass is 35.5. The summed E-state index contributed by atoms with van der Waals surface area (Å²) in [5.74, 6) is 0.415. The second-order valence-electron chi connectivity index (χ2n) is 3.87. The minimum atomic E-state index is -3.27. The van der Waals surface area contributed by atoms with Crippen molar-refractivity contribution in [1.82, 2.24) is 9.03 Å². The van der Waals surface area contributed by atoms with Crippen LogP contribution in [-0.2, 0) is 10.2 Å². The Bertz CT molecular complexity index is 284. The third-order valence-corrected chi connectivity index (χ3v) is 4.86. The van der Waals surface area contributed by atoms with Crippen LogP contribution in [0, 0.1) is 5.92 Å². The molecule has 0 bridgehead atoms. The Morgan fingerprint density at radius 2 is 1.87 bits per heavy atom. The van der Waals surface area contributed by atoms with Crippen molar-refractivity contribution in [3.8, 4) is 0 Å². The Morgan fingerprint density at radius 1 is 1.33 bits per heavy atom. The third-order valence-electron chi connectivity index (χ3n) is 2.78. The van der Waals surface area contributed by atoms with E-state index in [9.17, 15) is 8.42 Å². The van der Waals surface area contributed by atoms with Crippen molar-refractivity contribution in [2.24, 2.45) is 5.92 Å². The van der Waals surface area contributed by atoms with E-state index in [0.29, 0.717) is 25.6 Å². The zero-order chi connectivity index (χ0) is 11.5. The summed E-state index contributed by atoms with van der Waals surface area (Å²) >= 11 is 5.82. The fourth-order valence-electron chi connectivity index (χ4n) is 1.70. The van der Waals surface area contributed by atoms with Gasteiger partial charge in [0.05, 0.1) is 0 Å². The molecule has 0 aromatic rings. The van der Waals surface area contributed by atoms with Crippen molar-refractivity contribution >= 4 is 21.8 Å². The lowest BCUT2D eigenvalue weighted by Gasteiger charge is -2.31. The second kappa shape index (κ2) is 5.48. The average molecular weight is 255 g/mol. The van der Waals surface area contributed by atoms with E-state index >= 15 is 0 Å². The fourth-order valence-corrected chi connectivity index (χ4v) is 3.51. The first-order valence-corrected chi connectivity index (χ1v) is 7.26. The molecule has 0 amide bonds. The smallest absolute Gasteiger partial charge is 0.202 e. The molecule has 1 fully saturated rings. The van der Waals surface area contributed by atoms with Gasteiger partial charge in [-0.05, 0) is 18.8 Å². The Balaban J connectivity index is 2.36. The van der Waals surface area contributed by atoms with Crippen LogP contribution in [0.5, 0.6) is 0 Å². The highest BCUT2D eigenvalue weighted by Gasteiger charge is 2.29. The van der Waals surface area contributed by atoms with Crippen molar-refractivity contribution in [2.75, 3.05) is 19.6 Å². The zero-order valence-corrected chi connectivity index (χ0v) is 10.8. The van der Waals surface area contributed by atoms with Crippen LogP contribution in [0.15, 0.2) is 0 Å². The van der Waals surface area contributed by atoms with E-state index in [4.69, 9.17) is 11.6 Å². The Labute approximate surface area is 97.2 Å². The zero-order valence-electron chi connectivity index (χ0n) is 9.24. The van der Waals surface area contributed by atoms with E-state index < -0.39 is 10.2 Å². The van der Waals surface area contributed by atoms with E-state index in [1.807, 2.05) is 13.8 Å². The molecule has 6 heteroatoms. The average Bonchev–Trinajstić information content (AvgIpc) is 2.12. The molecule has 0 radical (unpaired) electrons. The second-order valence-corrected chi connectivity index (χ2v) is 6.24. The fraction of sp³-hybridized carbons (Fsp3) is 1.00. The first-order valence-electron chi connectivity index (χ1n) is 5.38. The summed E-state index contributed by atoms with van der Waals surface area (Å²) in [6.07, 6.45) is 1.84. The summed E-state index contributed by atoms with van der Waals surface area (Å²) < 4.78 is 27.4. The normalized spacial score (nSPS) is 26.7. The molecule has 0 saturated heterocycles. The van der Waals surface area contributed by atoms with E-state index in [-0.39, 0.29) is 5.38 Å². The van der Waals surface area contributed by atoms with Crippen molar-refractivity contribution in [3.05, 3.63) is 0 Å². The molecule has 1 rings (SSSR count). The van der Waals surface area contributed by atoms with E-state index in [2.05, 4.69) is 4.72 Å². The van der Waals surface area contributed by atoms with Gasteiger partial charge in [-0.2, -0.15) is 12.7 Å². The topological polar surface area (TPSA) is 49.4 Å². The van der Waals surface area contributed by atoms with Crippen LogP contribution >= 0.6 is 11.6 Å². The molecule has 0 aliphatic heterocycles. The number of alkyl halides is 1. The first kappa shape index (κ1) is 13.2. The number of hydrogen-bond acceptors (Lipinski definition) is 2. The molecule has 15 heavy (non-hydrogen) atoms. The lowest BCUT2D eigenvalue weighted by molar-refractivity contribution is 0.319. The van der Waals surface area contributed by atoms with Gasteiger partial charge in [0.1, 0.15) is 0 Å². The Hall–Kier alpha value is 0.160. The summed E-state index contributed by atoms with van der Waals surface area (Å²) in [7, 11) is -3.27. The molecule has 0 aromatic heterocycles. The van der Waals surface area contributed by atoms with Crippen molar-refractivity contribution in [1.29, 1.82) is 0 Å². The molecule has 1 aliphatic carbocycles. The Kier molecular flexibility index (Phi) is 4.83. The van der Waals surface area contributed by atoms with Gasteiger partial charge in [0.25, 0.3) is 10.2 Å². The number of rotatable bonds is 6. The maximum Gasteiger partial charge on any atom is 0.279 e. The van der Waals surface area contributed by atoms with Crippen LogP contribution in [0.1, 0.15) is 26.7 Å². The van der Waals surface area contributed by atoms with E-state index in [0.717, 1.165) is 12.8 Å². The van der Waals surface area contributed by atoms with Crippen LogP contribution in [0.25, 0.3) is 0 Å². The predicted molar refractivity (Wildman–Crippen MR) is 62.2 cm³/mol. The summed E-state index contributed by atoms with van der Waals surface area (Å²) in [6.45, 7) is 5.20. The van der Waals surface area contributed by atoms with Gasteiger partial charge in [-0.1, -0.05) is 13.8 Å². The van der Waals surface area contributed by atoms with Gasteiger partial charge in [-0.3, -0.25) is 0 Å². The lowest BCUT2D eigenvalue weighted by Crippen LogP contribution is -2.44. The quantitative estimate of drug-likeness (QED) is 0.724. The molecule has 0 heterocycles. The molecule has 90 valence electrons. The van der Waals surface area contributed by atoms with Crippen LogP contribution < -0.4 is 4.72 Å². The van der Waals surface area contributed by atoms with Crippen LogP contribution in [-0.4, -0.2) is 37.7 Å². The van der Waals surface area contributed by atoms with E-state index in [1.165, 1.54) is 4.31 Å². The predicted octanol–water partition coefficient (Wildman–Crippen LogP) is 1.18. The molecule has 0 atom stereocenters. The summed E-state index contributed by atoms with van der Waals surface area (Å²) in [6, 6.07) is 0. The number of nitrogens with one attached hydrogen (secondary N) is 1. The van der Waals surface area contributed by atoms with Crippen molar-refractivity contribution in [2.45, 2.75) is 32.1 Å². The van der Waals surface area contributed by atoms with Crippen molar-refractivity contribution < 1.29 is 8.42 Å². The third kappa shape index (κ3) is 3.59. The number of halogens is 1. The molecule has 1 saturated carbocycles. The largest absolute Gasteiger partial charge is 0.279 e. The van der Waals surface area contributed by atoms with Gasteiger partial charge in [0.2, 0.25) is 0 Å². The summed E-state index contributed by atoms with van der Waals surface area (Å²) in [4.78, 5) is 0. The van der Waals surface area contributed by atoms with Gasteiger partial charge in [-0.15, -0.1) is 11.6 Å². The van der Waals surface area contributed by atoms with Gasteiger partial charge in [0, 0.05) is 25.0 Å². The summed E-state index contributed by atoms with van der Waals surface area (Å²) in [5.41, 5.74) is 0. The highest BCUT2D eigenvalue weighted by Crippen LogP contribution is 2.31. The molecule has 0 unspecified atom stereocenters. The number of hydrogen-bond donors (Lipinski definition) is 1. The molecule has 1 N–H and O–H groups in total. The Morgan fingerprint density at radius 3 is 2.27 bits per heavy atom. The molecule has 4 nitrogen and oxygen atoms in total. The van der Waals surface area contributed by atoms with Gasteiger partial charge in [0.15, 0.2) is 0 Å². The molecule has 0 aromatic carbocycles. The minimum absolute atomic E-state index is 0.243. The monoisotopic (exact) mass is 254 g/mol. The molecule has 0 spiro atoms. The van der Waals surface area contributed by atoms with Gasteiger partial charge >= 0.3 is 0 Å². The SMILES string of the molecule is CCN(CC)S(=O)(=O)NCC1CC(Cl)C1. The van der Waals surface area contributed by atoms with E-state index in [1.54, 1.807) is 0 Å². The molecule has 1 aliphatic rings. The van der Waals surface area contributed by atoms with Crippen molar-refractivity contribution in [3.63, 3.8) is 0 Å². The van der Waals surface area contributed by atoms with Gasteiger partial charge in [-0.25, -0.2) is 4.72 Å². The maximum absolute atomic E-state index is 11.7. The minimum Gasteiger partial charge on any atom is -0.202 e. The summed E-state index contributed by atoms with van der Waals surface area (Å²) in [5, 5.41) is 0.243. The standard InChI is InChI=1S/C9H19ClN2O2S/c1-3-12(4-2)15(13,14)11-7-8-5-9(10)6-8/h8-9,11H,3-7H2,1-2H3.